The molecule has 2 aromatic rings. The van der Waals surface area contributed by atoms with Crippen LogP contribution in [0.2, 0.25) is 0 Å². The first-order valence-electron chi connectivity index (χ1n) is 7.70. The first-order valence-corrected chi connectivity index (χ1v) is 7.70. The van der Waals surface area contributed by atoms with Gasteiger partial charge in [-0.15, -0.1) is 0 Å². The molecule has 1 N–H and O–H groups in total. The van der Waals surface area contributed by atoms with Gasteiger partial charge >= 0.3 is 0 Å². The van der Waals surface area contributed by atoms with Crippen LogP contribution in [0, 0.1) is 0 Å². The topological polar surface area (TPSA) is 39.1 Å². The summed E-state index contributed by atoms with van der Waals surface area (Å²) in [6, 6.07) is 8.85. The molecule has 0 saturated carbocycles. The minimum absolute atomic E-state index is 0.311. The van der Waals surface area contributed by atoms with Gasteiger partial charge in [0.1, 0.15) is 5.75 Å². The van der Waals surface area contributed by atoms with Crippen molar-refractivity contribution >= 4 is 0 Å². The molecule has 1 atom stereocenters. The first kappa shape index (κ1) is 15.6. The Morgan fingerprint density at radius 2 is 2.00 bits per heavy atom. The summed E-state index contributed by atoms with van der Waals surface area (Å²) in [6.07, 6.45) is 4.74. The summed E-state index contributed by atoms with van der Waals surface area (Å²) in [7, 11) is 0. The second kappa shape index (κ2) is 7.27. The van der Waals surface area contributed by atoms with Gasteiger partial charge in [-0.3, -0.25) is 4.68 Å². The highest BCUT2D eigenvalue weighted by atomic mass is 16.5. The molecule has 2 rings (SSSR count). The Labute approximate surface area is 127 Å². The van der Waals surface area contributed by atoms with Crippen LogP contribution in [-0.4, -0.2) is 16.3 Å². The number of benzene rings is 1. The lowest BCUT2D eigenvalue weighted by molar-refractivity contribution is 0.450. The predicted octanol–water partition coefficient (Wildman–Crippen LogP) is 4.32. The van der Waals surface area contributed by atoms with Crippen molar-refractivity contribution in [1.82, 2.24) is 15.1 Å². The fraction of sp³-hybridized carbons (Fsp3) is 0.471. The summed E-state index contributed by atoms with van der Waals surface area (Å²) in [5.41, 5.74) is 1.19. The lowest BCUT2D eigenvalue weighted by atomic mass is 10.0. The zero-order valence-corrected chi connectivity index (χ0v) is 13.3. The van der Waals surface area contributed by atoms with Crippen molar-refractivity contribution in [3.63, 3.8) is 0 Å². The number of ether oxygens (including phenoxy) is 1. The molecule has 114 valence electrons. The van der Waals surface area contributed by atoms with E-state index in [4.69, 9.17) is 4.74 Å². The van der Waals surface area contributed by atoms with Crippen molar-refractivity contribution in [1.29, 1.82) is 0 Å². The highest BCUT2D eigenvalue weighted by Crippen LogP contribution is 2.31. The molecule has 0 fully saturated rings. The van der Waals surface area contributed by atoms with E-state index >= 15 is 0 Å². The maximum Gasteiger partial charge on any atom is 0.165 e. The van der Waals surface area contributed by atoms with Crippen LogP contribution in [0.3, 0.4) is 0 Å². The number of para-hydroxylation sites is 1. The van der Waals surface area contributed by atoms with Gasteiger partial charge in [-0.2, -0.15) is 5.10 Å². The highest BCUT2D eigenvalue weighted by Gasteiger charge is 2.14. The summed E-state index contributed by atoms with van der Waals surface area (Å²) in [6.45, 7) is 9.45. The number of aromatic nitrogens is 2. The second-order valence-corrected chi connectivity index (χ2v) is 5.41. The molecule has 0 saturated heterocycles. The average molecular weight is 287 g/mol. The number of hydrogen-bond acceptors (Lipinski definition) is 3. The third kappa shape index (κ3) is 3.85. The number of nitrogens with one attached hydrogen (secondary N) is 1. The van der Waals surface area contributed by atoms with Crippen LogP contribution in [0.5, 0.6) is 11.5 Å². The van der Waals surface area contributed by atoms with Crippen LogP contribution in [0.25, 0.3) is 0 Å². The van der Waals surface area contributed by atoms with Crippen molar-refractivity contribution < 1.29 is 4.74 Å². The van der Waals surface area contributed by atoms with E-state index in [-0.39, 0.29) is 0 Å². The van der Waals surface area contributed by atoms with Gasteiger partial charge < -0.3 is 10.1 Å². The zero-order chi connectivity index (χ0) is 15.2. The van der Waals surface area contributed by atoms with E-state index in [9.17, 15) is 0 Å². The molecule has 4 heteroatoms. The number of hydrogen-bond donors (Lipinski definition) is 1. The lowest BCUT2D eigenvalue weighted by Gasteiger charge is -2.19. The Balaban J connectivity index is 2.22. The quantitative estimate of drug-likeness (QED) is 0.824. The maximum atomic E-state index is 6.05. The standard InChI is InChI=1S/C17H25N3O/c1-5-16(18-6-2)15-9-7-8-10-17(15)21-14-11-19-20(12-14)13(3)4/h7-13,16,18H,5-6H2,1-4H3. The van der Waals surface area contributed by atoms with Crippen LogP contribution in [0.15, 0.2) is 36.7 Å². The van der Waals surface area contributed by atoms with Crippen LogP contribution in [-0.2, 0) is 0 Å². The number of rotatable bonds is 7. The Hall–Kier alpha value is -1.81. The third-order valence-electron chi connectivity index (χ3n) is 3.49. The predicted molar refractivity (Wildman–Crippen MR) is 85.8 cm³/mol. The average Bonchev–Trinajstić information content (AvgIpc) is 2.94. The van der Waals surface area contributed by atoms with Crippen LogP contribution in [0.1, 0.15) is 51.8 Å². The summed E-state index contributed by atoms with van der Waals surface area (Å²) in [5, 5.41) is 7.82. The molecular weight excluding hydrogens is 262 g/mol. The Morgan fingerprint density at radius 3 is 2.62 bits per heavy atom. The smallest absolute Gasteiger partial charge is 0.165 e. The van der Waals surface area contributed by atoms with E-state index in [1.54, 1.807) is 6.20 Å². The minimum atomic E-state index is 0.311. The Bertz CT molecular complexity index is 563. The molecule has 0 amide bonds. The van der Waals surface area contributed by atoms with E-state index in [1.165, 1.54) is 5.56 Å². The Morgan fingerprint density at radius 1 is 1.24 bits per heavy atom. The van der Waals surface area contributed by atoms with Gasteiger partial charge in [-0.1, -0.05) is 32.0 Å². The summed E-state index contributed by atoms with van der Waals surface area (Å²) in [4.78, 5) is 0. The minimum Gasteiger partial charge on any atom is -0.454 e. The van der Waals surface area contributed by atoms with Crippen molar-refractivity contribution in [3.8, 4) is 11.5 Å². The van der Waals surface area contributed by atoms with Gasteiger partial charge in [0.25, 0.3) is 0 Å². The maximum absolute atomic E-state index is 6.05. The molecule has 0 aliphatic carbocycles. The van der Waals surface area contributed by atoms with E-state index in [1.807, 2.05) is 23.0 Å². The molecule has 0 radical (unpaired) electrons. The first-order chi connectivity index (χ1) is 10.2. The fourth-order valence-corrected chi connectivity index (χ4v) is 2.36. The molecule has 1 unspecified atom stereocenters. The molecule has 1 aromatic heterocycles. The van der Waals surface area contributed by atoms with Gasteiger partial charge in [-0.25, -0.2) is 0 Å². The van der Waals surface area contributed by atoms with Gasteiger partial charge in [0.2, 0.25) is 0 Å². The van der Waals surface area contributed by atoms with Gasteiger partial charge in [0.15, 0.2) is 5.75 Å². The van der Waals surface area contributed by atoms with Crippen LogP contribution < -0.4 is 10.1 Å². The normalized spacial score (nSPS) is 12.6. The summed E-state index contributed by atoms with van der Waals surface area (Å²) in [5.74, 6) is 1.68. The molecule has 0 spiro atoms. The van der Waals surface area contributed by atoms with Gasteiger partial charge in [0, 0.05) is 17.6 Å². The molecule has 0 bridgehead atoms. The van der Waals surface area contributed by atoms with Crippen molar-refractivity contribution in [2.45, 2.75) is 46.2 Å². The van der Waals surface area contributed by atoms with Gasteiger partial charge in [0.05, 0.1) is 12.4 Å². The molecule has 0 aliphatic rings. The molecule has 1 aromatic carbocycles. The summed E-state index contributed by atoms with van der Waals surface area (Å²) >= 11 is 0. The van der Waals surface area contributed by atoms with E-state index < -0.39 is 0 Å². The van der Waals surface area contributed by atoms with Crippen molar-refractivity contribution in [2.75, 3.05) is 6.54 Å². The fourth-order valence-electron chi connectivity index (χ4n) is 2.36. The monoisotopic (exact) mass is 287 g/mol. The molecular formula is C17H25N3O. The third-order valence-corrected chi connectivity index (χ3v) is 3.49. The van der Waals surface area contributed by atoms with Crippen LogP contribution in [0.4, 0.5) is 0 Å². The summed E-state index contributed by atoms with van der Waals surface area (Å²) < 4.78 is 7.95. The SMILES string of the molecule is CCNC(CC)c1ccccc1Oc1cnn(C(C)C)c1. The lowest BCUT2D eigenvalue weighted by Crippen LogP contribution is -2.20. The zero-order valence-electron chi connectivity index (χ0n) is 13.3. The second-order valence-electron chi connectivity index (χ2n) is 5.41. The van der Waals surface area contributed by atoms with E-state index in [0.29, 0.717) is 12.1 Å². The van der Waals surface area contributed by atoms with Gasteiger partial charge in [-0.05, 0) is 32.9 Å². The van der Waals surface area contributed by atoms with Crippen molar-refractivity contribution in [2.24, 2.45) is 0 Å². The van der Waals surface area contributed by atoms with E-state index in [2.05, 4.69) is 50.2 Å². The molecule has 4 nitrogen and oxygen atoms in total. The largest absolute Gasteiger partial charge is 0.454 e. The highest BCUT2D eigenvalue weighted by molar-refractivity contribution is 5.38. The van der Waals surface area contributed by atoms with Crippen molar-refractivity contribution in [3.05, 3.63) is 42.2 Å². The molecule has 21 heavy (non-hydrogen) atoms. The molecule has 1 heterocycles. The molecule has 0 aliphatic heterocycles. The number of nitrogens with zero attached hydrogens (tertiary/aromatic N) is 2. The van der Waals surface area contributed by atoms with E-state index in [0.717, 1.165) is 24.5 Å². The van der Waals surface area contributed by atoms with Crippen LogP contribution >= 0.6 is 0 Å². The Kier molecular flexibility index (Phi) is 5.39.